The van der Waals surface area contributed by atoms with Crippen LogP contribution < -0.4 is 5.48 Å². The van der Waals surface area contributed by atoms with Crippen molar-refractivity contribution in [3.8, 4) is 0 Å². The minimum atomic E-state index is -0.635. The third-order valence-corrected chi connectivity index (χ3v) is 3.71. The normalized spacial score (nSPS) is 15.7. The SMILES string of the molecule is CCC(C)CC(=O)N1CCn2cc(C(=O)NO)nc2C1. The summed E-state index contributed by atoms with van der Waals surface area (Å²) >= 11 is 0. The van der Waals surface area contributed by atoms with Gasteiger partial charge in [-0.05, 0) is 5.92 Å². The number of hydrogen-bond acceptors (Lipinski definition) is 4. The Morgan fingerprint density at radius 1 is 1.50 bits per heavy atom. The van der Waals surface area contributed by atoms with Crippen molar-refractivity contribution < 1.29 is 14.8 Å². The Morgan fingerprint density at radius 3 is 2.90 bits per heavy atom. The lowest BCUT2D eigenvalue weighted by molar-refractivity contribution is -0.133. The van der Waals surface area contributed by atoms with E-state index in [0.29, 0.717) is 37.8 Å². The van der Waals surface area contributed by atoms with E-state index in [0.717, 1.165) is 6.42 Å². The van der Waals surface area contributed by atoms with E-state index in [-0.39, 0.29) is 11.6 Å². The molecule has 2 N–H and O–H groups in total. The molecule has 1 aliphatic rings. The van der Waals surface area contributed by atoms with Crippen molar-refractivity contribution in [3.05, 3.63) is 17.7 Å². The number of rotatable bonds is 4. The van der Waals surface area contributed by atoms with E-state index in [1.54, 1.807) is 16.6 Å². The molecule has 20 heavy (non-hydrogen) atoms. The fourth-order valence-corrected chi connectivity index (χ4v) is 2.20. The second kappa shape index (κ2) is 6.04. The fraction of sp³-hybridized carbons (Fsp3) is 0.615. The molecule has 0 fully saturated rings. The summed E-state index contributed by atoms with van der Waals surface area (Å²) in [6, 6.07) is 0. The number of nitrogens with zero attached hydrogens (tertiary/aromatic N) is 3. The molecular formula is C13H20N4O3. The number of carbonyl (C=O) groups excluding carboxylic acids is 2. The van der Waals surface area contributed by atoms with Gasteiger partial charge in [-0.1, -0.05) is 20.3 Å². The summed E-state index contributed by atoms with van der Waals surface area (Å²) in [5, 5.41) is 8.60. The highest BCUT2D eigenvalue weighted by Gasteiger charge is 2.24. The van der Waals surface area contributed by atoms with Crippen LogP contribution in [0.4, 0.5) is 0 Å². The van der Waals surface area contributed by atoms with Gasteiger partial charge < -0.3 is 9.47 Å². The Balaban J connectivity index is 2.05. The van der Waals surface area contributed by atoms with Crippen molar-refractivity contribution in [2.24, 2.45) is 5.92 Å². The first-order valence-electron chi connectivity index (χ1n) is 6.83. The smallest absolute Gasteiger partial charge is 0.294 e. The first-order chi connectivity index (χ1) is 9.55. The van der Waals surface area contributed by atoms with Gasteiger partial charge in [0.05, 0.1) is 6.54 Å². The fourth-order valence-electron chi connectivity index (χ4n) is 2.20. The standard InChI is InChI=1S/C13H20N4O3/c1-3-9(2)6-12(18)17-5-4-16-7-10(13(19)15-20)14-11(16)8-17/h7,9,20H,3-6,8H2,1-2H3,(H,15,19). The maximum atomic E-state index is 12.1. The number of aromatic nitrogens is 2. The summed E-state index contributed by atoms with van der Waals surface area (Å²) in [4.78, 5) is 29.4. The van der Waals surface area contributed by atoms with E-state index < -0.39 is 5.91 Å². The van der Waals surface area contributed by atoms with Crippen LogP contribution in [0.15, 0.2) is 6.20 Å². The zero-order valence-corrected chi connectivity index (χ0v) is 11.8. The molecule has 2 heterocycles. The van der Waals surface area contributed by atoms with E-state index >= 15 is 0 Å². The first-order valence-corrected chi connectivity index (χ1v) is 6.83. The second-order valence-electron chi connectivity index (χ2n) is 5.21. The number of hydrogen-bond donors (Lipinski definition) is 2. The third-order valence-electron chi connectivity index (χ3n) is 3.71. The van der Waals surface area contributed by atoms with Crippen LogP contribution in [0.3, 0.4) is 0 Å². The van der Waals surface area contributed by atoms with Crippen molar-refractivity contribution in [3.63, 3.8) is 0 Å². The molecule has 2 rings (SSSR count). The predicted octanol–water partition coefficient (Wildman–Crippen LogP) is 0.781. The van der Waals surface area contributed by atoms with Crippen LogP contribution >= 0.6 is 0 Å². The topological polar surface area (TPSA) is 87.5 Å². The number of hydroxylamine groups is 1. The van der Waals surface area contributed by atoms with E-state index in [2.05, 4.69) is 18.8 Å². The summed E-state index contributed by atoms with van der Waals surface area (Å²) in [5.74, 6) is 0.540. The Labute approximate surface area is 117 Å². The Hall–Kier alpha value is -1.89. The molecule has 1 aromatic heterocycles. The number of fused-ring (bicyclic) bond motifs is 1. The van der Waals surface area contributed by atoms with Crippen LogP contribution in [0.1, 0.15) is 43.0 Å². The zero-order valence-electron chi connectivity index (χ0n) is 11.8. The number of carbonyl (C=O) groups is 2. The van der Waals surface area contributed by atoms with Gasteiger partial charge in [-0.25, -0.2) is 10.5 Å². The molecule has 1 unspecified atom stereocenters. The van der Waals surface area contributed by atoms with Crippen molar-refractivity contribution in [2.45, 2.75) is 39.8 Å². The van der Waals surface area contributed by atoms with Gasteiger partial charge in [0.1, 0.15) is 11.5 Å². The van der Waals surface area contributed by atoms with Gasteiger partial charge in [0, 0.05) is 25.7 Å². The second-order valence-corrected chi connectivity index (χ2v) is 5.21. The highest BCUT2D eigenvalue weighted by molar-refractivity contribution is 5.91. The number of amides is 2. The molecule has 0 saturated carbocycles. The molecule has 1 aliphatic heterocycles. The Morgan fingerprint density at radius 2 is 2.25 bits per heavy atom. The lowest BCUT2D eigenvalue weighted by Crippen LogP contribution is -2.38. The predicted molar refractivity (Wildman–Crippen MR) is 71.0 cm³/mol. The van der Waals surface area contributed by atoms with Crippen LogP contribution in [0, 0.1) is 5.92 Å². The summed E-state index contributed by atoms with van der Waals surface area (Å²) in [7, 11) is 0. The first kappa shape index (κ1) is 14.5. The van der Waals surface area contributed by atoms with Gasteiger partial charge in [-0.2, -0.15) is 0 Å². The molecular weight excluding hydrogens is 260 g/mol. The van der Waals surface area contributed by atoms with Crippen LogP contribution in [-0.4, -0.2) is 38.0 Å². The van der Waals surface area contributed by atoms with E-state index in [1.807, 2.05) is 4.57 Å². The minimum absolute atomic E-state index is 0.127. The van der Waals surface area contributed by atoms with Gasteiger partial charge in [0.2, 0.25) is 5.91 Å². The number of imidazole rings is 1. The lowest BCUT2D eigenvalue weighted by Gasteiger charge is -2.28. The van der Waals surface area contributed by atoms with E-state index in [4.69, 9.17) is 5.21 Å². The average Bonchev–Trinajstić information content (AvgIpc) is 2.88. The van der Waals surface area contributed by atoms with E-state index in [1.165, 1.54) is 0 Å². The maximum Gasteiger partial charge on any atom is 0.294 e. The molecule has 0 saturated heterocycles. The van der Waals surface area contributed by atoms with Gasteiger partial charge in [0.15, 0.2) is 0 Å². The highest BCUT2D eigenvalue weighted by Crippen LogP contribution is 2.16. The zero-order chi connectivity index (χ0) is 14.7. The molecule has 110 valence electrons. The molecule has 7 heteroatoms. The van der Waals surface area contributed by atoms with Gasteiger partial charge in [-0.3, -0.25) is 14.8 Å². The van der Waals surface area contributed by atoms with Crippen LogP contribution in [0.2, 0.25) is 0 Å². The molecule has 7 nitrogen and oxygen atoms in total. The monoisotopic (exact) mass is 280 g/mol. The summed E-state index contributed by atoms with van der Waals surface area (Å²) < 4.78 is 1.84. The third kappa shape index (κ3) is 2.98. The molecule has 0 spiro atoms. The van der Waals surface area contributed by atoms with Crippen LogP contribution in [0.5, 0.6) is 0 Å². The number of nitrogens with one attached hydrogen (secondary N) is 1. The van der Waals surface area contributed by atoms with Crippen molar-refractivity contribution in [1.82, 2.24) is 19.9 Å². The molecule has 0 aliphatic carbocycles. The molecule has 1 aromatic rings. The summed E-state index contributed by atoms with van der Waals surface area (Å²) in [5.41, 5.74) is 1.73. The molecule has 0 bridgehead atoms. The maximum absolute atomic E-state index is 12.1. The van der Waals surface area contributed by atoms with Crippen LogP contribution in [0.25, 0.3) is 0 Å². The lowest BCUT2D eigenvalue weighted by atomic mass is 10.0. The largest absolute Gasteiger partial charge is 0.333 e. The average molecular weight is 280 g/mol. The van der Waals surface area contributed by atoms with Gasteiger partial charge >= 0.3 is 0 Å². The molecule has 0 aromatic carbocycles. The molecule has 1 atom stereocenters. The van der Waals surface area contributed by atoms with E-state index in [9.17, 15) is 9.59 Å². The van der Waals surface area contributed by atoms with Gasteiger partial charge in [0.25, 0.3) is 5.91 Å². The van der Waals surface area contributed by atoms with Crippen molar-refractivity contribution >= 4 is 11.8 Å². The highest BCUT2D eigenvalue weighted by atomic mass is 16.5. The van der Waals surface area contributed by atoms with Crippen molar-refractivity contribution in [1.29, 1.82) is 0 Å². The Kier molecular flexibility index (Phi) is 4.39. The summed E-state index contributed by atoms with van der Waals surface area (Å²) in [6.07, 6.45) is 3.12. The molecule has 0 radical (unpaired) electrons. The summed E-state index contributed by atoms with van der Waals surface area (Å²) in [6.45, 7) is 5.78. The van der Waals surface area contributed by atoms with Gasteiger partial charge in [-0.15, -0.1) is 0 Å². The molecule has 2 amide bonds. The Bertz CT molecular complexity index is 512. The van der Waals surface area contributed by atoms with Crippen molar-refractivity contribution in [2.75, 3.05) is 6.54 Å². The quantitative estimate of drug-likeness (QED) is 0.630. The minimum Gasteiger partial charge on any atom is -0.333 e. The van der Waals surface area contributed by atoms with Crippen LogP contribution in [-0.2, 0) is 17.9 Å².